The summed E-state index contributed by atoms with van der Waals surface area (Å²) in [6.45, 7) is -0.0330. The number of benzene rings is 2. The largest absolute Gasteiger partial charge is 0.493 e. The number of ether oxygens (including phenoxy) is 3. The zero-order valence-electron chi connectivity index (χ0n) is 16.8. The van der Waals surface area contributed by atoms with Crippen molar-refractivity contribution in [3.05, 3.63) is 59.9 Å². The van der Waals surface area contributed by atoms with Crippen molar-refractivity contribution in [1.82, 2.24) is 25.1 Å². The molecule has 0 spiro atoms. The molecule has 10 heteroatoms. The minimum atomic E-state index is -0.592. The van der Waals surface area contributed by atoms with E-state index >= 15 is 0 Å². The molecule has 0 bridgehead atoms. The first-order chi connectivity index (χ1) is 14.5. The van der Waals surface area contributed by atoms with Crippen LogP contribution < -0.4 is 9.47 Å². The van der Waals surface area contributed by atoms with Crippen molar-refractivity contribution in [3.8, 4) is 17.2 Å². The van der Waals surface area contributed by atoms with Gasteiger partial charge in [0.05, 0.1) is 25.5 Å². The van der Waals surface area contributed by atoms with E-state index in [0.717, 1.165) is 5.56 Å². The molecule has 3 rings (SSSR count). The van der Waals surface area contributed by atoms with Crippen molar-refractivity contribution >= 4 is 11.9 Å². The number of carbonyl (C=O) groups excluding carboxylic acids is 2. The van der Waals surface area contributed by atoms with E-state index in [4.69, 9.17) is 14.2 Å². The Morgan fingerprint density at radius 1 is 1.03 bits per heavy atom. The van der Waals surface area contributed by atoms with Crippen LogP contribution in [0.4, 0.5) is 0 Å². The van der Waals surface area contributed by atoms with Crippen LogP contribution in [0.5, 0.6) is 11.5 Å². The van der Waals surface area contributed by atoms with Crippen molar-refractivity contribution in [2.45, 2.75) is 6.54 Å². The van der Waals surface area contributed by atoms with Crippen molar-refractivity contribution in [1.29, 1.82) is 0 Å². The SMILES string of the molecule is COc1ccc(CN(C)C(=O)COC(=O)c2ccc(-n3cnnn3)cc2)cc1OC. The molecule has 0 N–H and O–H groups in total. The van der Waals surface area contributed by atoms with E-state index in [1.807, 2.05) is 6.07 Å². The summed E-state index contributed by atoms with van der Waals surface area (Å²) in [6.07, 6.45) is 1.44. The molecule has 0 aliphatic heterocycles. The fraction of sp³-hybridized carbons (Fsp3) is 0.250. The fourth-order valence-corrected chi connectivity index (χ4v) is 2.69. The average Bonchev–Trinajstić information content (AvgIpc) is 3.32. The van der Waals surface area contributed by atoms with Gasteiger partial charge in [0.15, 0.2) is 18.1 Å². The van der Waals surface area contributed by atoms with Gasteiger partial charge in [0, 0.05) is 13.6 Å². The molecule has 156 valence electrons. The summed E-state index contributed by atoms with van der Waals surface area (Å²) in [5.41, 5.74) is 1.87. The maximum absolute atomic E-state index is 12.3. The Morgan fingerprint density at radius 2 is 1.77 bits per heavy atom. The molecular weight excluding hydrogens is 390 g/mol. The number of nitrogens with zero attached hydrogens (tertiary/aromatic N) is 5. The van der Waals surface area contributed by atoms with Crippen LogP contribution in [0, 0.1) is 0 Å². The molecule has 1 aromatic heterocycles. The maximum Gasteiger partial charge on any atom is 0.338 e. The van der Waals surface area contributed by atoms with Gasteiger partial charge in [-0.25, -0.2) is 9.48 Å². The number of hydrogen-bond donors (Lipinski definition) is 0. The third-order valence-corrected chi connectivity index (χ3v) is 4.34. The number of amides is 1. The topological polar surface area (TPSA) is 109 Å². The smallest absolute Gasteiger partial charge is 0.338 e. The zero-order valence-corrected chi connectivity index (χ0v) is 16.8. The lowest BCUT2D eigenvalue weighted by Crippen LogP contribution is -2.30. The lowest BCUT2D eigenvalue weighted by atomic mass is 10.2. The Kier molecular flexibility index (Phi) is 6.58. The lowest BCUT2D eigenvalue weighted by Gasteiger charge is -2.18. The highest BCUT2D eigenvalue weighted by Gasteiger charge is 2.15. The Morgan fingerprint density at radius 3 is 2.40 bits per heavy atom. The number of tetrazole rings is 1. The van der Waals surface area contributed by atoms with E-state index in [-0.39, 0.29) is 12.5 Å². The molecule has 3 aromatic rings. The summed E-state index contributed by atoms with van der Waals surface area (Å²) in [5.74, 6) is 0.261. The van der Waals surface area contributed by atoms with Crippen LogP contribution in [0.25, 0.3) is 5.69 Å². The number of methoxy groups -OCH3 is 2. The second-order valence-corrected chi connectivity index (χ2v) is 6.32. The highest BCUT2D eigenvalue weighted by atomic mass is 16.5. The van der Waals surface area contributed by atoms with E-state index in [0.29, 0.717) is 29.3 Å². The third-order valence-electron chi connectivity index (χ3n) is 4.34. The molecular formula is C20H21N5O5. The van der Waals surface area contributed by atoms with Gasteiger partial charge >= 0.3 is 5.97 Å². The molecule has 1 amide bonds. The molecule has 0 radical (unpaired) electrons. The van der Waals surface area contributed by atoms with Crippen molar-refractivity contribution in [3.63, 3.8) is 0 Å². The van der Waals surface area contributed by atoms with E-state index in [2.05, 4.69) is 15.5 Å². The quantitative estimate of drug-likeness (QED) is 0.513. The van der Waals surface area contributed by atoms with E-state index in [9.17, 15) is 9.59 Å². The molecule has 0 aliphatic rings. The molecule has 0 unspecified atom stereocenters. The highest BCUT2D eigenvalue weighted by Crippen LogP contribution is 2.27. The number of rotatable bonds is 8. The predicted octanol–water partition coefficient (Wildman–Crippen LogP) is 1.49. The van der Waals surface area contributed by atoms with Gasteiger partial charge in [0.2, 0.25) is 0 Å². The molecule has 2 aromatic carbocycles. The molecule has 0 fully saturated rings. The van der Waals surface area contributed by atoms with Gasteiger partial charge in [-0.2, -0.15) is 0 Å². The summed E-state index contributed by atoms with van der Waals surface area (Å²) in [6, 6.07) is 11.9. The highest BCUT2D eigenvalue weighted by molar-refractivity contribution is 5.91. The Hall–Kier alpha value is -3.95. The summed E-state index contributed by atoms with van der Waals surface area (Å²) < 4.78 is 17.1. The average molecular weight is 411 g/mol. The minimum Gasteiger partial charge on any atom is -0.493 e. The Labute approximate surface area is 173 Å². The molecule has 1 heterocycles. The van der Waals surface area contributed by atoms with E-state index in [1.165, 1.54) is 15.9 Å². The van der Waals surface area contributed by atoms with Crippen molar-refractivity contribution in [2.24, 2.45) is 0 Å². The van der Waals surface area contributed by atoms with Gasteiger partial charge in [0.25, 0.3) is 5.91 Å². The summed E-state index contributed by atoms with van der Waals surface area (Å²) >= 11 is 0. The van der Waals surface area contributed by atoms with Crippen LogP contribution in [0.1, 0.15) is 15.9 Å². The van der Waals surface area contributed by atoms with Crippen LogP contribution in [0.2, 0.25) is 0 Å². The molecule has 0 aliphatic carbocycles. The van der Waals surface area contributed by atoms with Crippen LogP contribution in [0.3, 0.4) is 0 Å². The molecule has 10 nitrogen and oxygen atoms in total. The van der Waals surface area contributed by atoms with Crippen molar-refractivity contribution in [2.75, 3.05) is 27.9 Å². The van der Waals surface area contributed by atoms with Gasteiger partial charge in [-0.15, -0.1) is 5.10 Å². The van der Waals surface area contributed by atoms with E-state index in [1.54, 1.807) is 57.7 Å². The number of aromatic nitrogens is 4. The van der Waals surface area contributed by atoms with Crippen LogP contribution in [-0.2, 0) is 16.1 Å². The number of esters is 1. The van der Waals surface area contributed by atoms with Crippen LogP contribution in [-0.4, -0.2) is 64.9 Å². The predicted molar refractivity (Wildman–Crippen MR) is 105 cm³/mol. The van der Waals surface area contributed by atoms with Gasteiger partial charge in [0.1, 0.15) is 6.33 Å². The fourth-order valence-electron chi connectivity index (χ4n) is 2.69. The van der Waals surface area contributed by atoms with Crippen LogP contribution >= 0.6 is 0 Å². The number of hydrogen-bond acceptors (Lipinski definition) is 8. The summed E-state index contributed by atoms with van der Waals surface area (Å²) in [4.78, 5) is 26.0. The Balaban J connectivity index is 1.53. The number of carbonyl (C=O) groups is 2. The normalized spacial score (nSPS) is 10.4. The van der Waals surface area contributed by atoms with Crippen LogP contribution in [0.15, 0.2) is 48.8 Å². The summed E-state index contributed by atoms with van der Waals surface area (Å²) in [7, 11) is 4.74. The van der Waals surface area contributed by atoms with Gasteiger partial charge in [-0.3, -0.25) is 4.79 Å². The van der Waals surface area contributed by atoms with Gasteiger partial charge < -0.3 is 19.1 Å². The van der Waals surface area contributed by atoms with Crippen molar-refractivity contribution < 1.29 is 23.8 Å². The Bertz CT molecular complexity index is 1000. The van der Waals surface area contributed by atoms with Gasteiger partial charge in [-0.05, 0) is 52.4 Å². The van der Waals surface area contributed by atoms with E-state index < -0.39 is 5.97 Å². The second kappa shape index (κ2) is 9.50. The maximum atomic E-state index is 12.3. The number of likely N-dealkylation sites (N-methyl/N-ethyl adjacent to an activating group) is 1. The molecule has 30 heavy (non-hydrogen) atoms. The third kappa shape index (κ3) is 4.90. The zero-order chi connectivity index (χ0) is 21.5. The molecule has 0 atom stereocenters. The molecule has 0 saturated heterocycles. The first-order valence-electron chi connectivity index (χ1n) is 8.97. The standard InChI is InChI=1S/C20H21N5O5/c1-24(11-14-4-9-17(28-2)18(10-14)29-3)19(26)12-30-20(27)15-5-7-16(8-6-15)25-13-21-22-23-25/h4-10,13H,11-12H2,1-3H3. The first kappa shape index (κ1) is 20.8. The van der Waals surface area contributed by atoms with Gasteiger partial charge in [-0.1, -0.05) is 6.07 Å². The molecule has 0 saturated carbocycles. The minimum absolute atomic E-state index is 0.321. The second-order valence-electron chi connectivity index (χ2n) is 6.32. The summed E-state index contributed by atoms with van der Waals surface area (Å²) in [5, 5.41) is 10.9. The first-order valence-corrected chi connectivity index (χ1v) is 8.97. The monoisotopic (exact) mass is 411 g/mol. The lowest BCUT2D eigenvalue weighted by molar-refractivity contribution is -0.133.